The van der Waals surface area contributed by atoms with Crippen LogP contribution in [0.15, 0.2) is 18.6 Å². The zero-order valence-corrected chi connectivity index (χ0v) is 14.9. The summed E-state index contributed by atoms with van der Waals surface area (Å²) >= 11 is 1.29. The number of hydrogen-bond donors (Lipinski definition) is 1. The van der Waals surface area contributed by atoms with Gasteiger partial charge < -0.3 is 14.8 Å². The summed E-state index contributed by atoms with van der Waals surface area (Å²) in [6.45, 7) is 7.15. The number of nitrogens with one attached hydrogen (secondary N) is 1. The molecule has 1 amide bonds. The smallest absolute Gasteiger partial charge is 0.280 e. The van der Waals surface area contributed by atoms with E-state index in [2.05, 4.69) is 25.2 Å². The van der Waals surface area contributed by atoms with Crippen molar-refractivity contribution in [1.82, 2.24) is 25.2 Å². The van der Waals surface area contributed by atoms with E-state index in [-0.39, 0.29) is 5.91 Å². The molecule has 3 heterocycles. The molecule has 25 heavy (non-hydrogen) atoms. The Bertz CT molecular complexity index is 703. The fourth-order valence-electron chi connectivity index (χ4n) is 2.41. The van der Waals surface area contributed by atoms with Gasteiger partial charge in [-0.3, -0.25) is 14.7 Å². The summed E-state index contributed by atoms with van der Waals surface area (Å²) in [6.07, 6.45) is 4.84. The molecule has 1 N–H and O–H groups in total. The Kier molecular flexibility index (Phi) is 6.26. The van der Waals surface area contributed by atoms with Gasteiger partial charge in [-0.05, 0) is 6.92 Å². The van der Waals surface area contributed by atoms with E-state index in [1.807, 2.05) is 6.92 Å². The van der Waals surface area contributed by atoms with Crippen LogP contribution in [0.1, 0.15) is 16.7 Å². The van der Waals surface area contributed by atoms with Gasteiger partial charge in [0.25, 0.3) is 5.91 Å². The monoisotopic (exact) mass is 363 g/mol. The van der Waals surface area contributed by atoms with Crippen LogP contribution in [0.3, 0.4) is 0 Å². The second kappa shape index (κ2) is 8.84. The van der Waals surface area contributed by atoms with E-state index in [0.717, 1.165) is 37.7 Å². The molecule has 1 aliphatic rings. The molecule has 0 bridgehead atoms. The first-order valence-electron chi connectivity index (χ1n) is 8.25. The highest BCUT2D eigenvalue weighted by Crippen LogP contribution is 2.25. The highest BCUT2D eigenvalue weighted by molar-refractivity contribution is 7.16. The molecule has 2 aromatic rings. The van der Waals surface area contributed by atoms with Crippen LogP contribution in [-0.4, -0.2) is 71.8 Å². The maximum absolute atomic E-state index is 12.2. The summed E-state index contributed by atoms with van der Waals surface area (Å²) in [4.78, 5) is 28.0. The number of carbonyl (C=O) groups excluding carboxylic acids is 1. The molecule has 0 unspecified atom stereocenters. The number of aromatic nitrogens is 3. The molecule has 1 saturated heterocycles. The normalized spacial score (nSPS) is 15.1. The lowest BCUT2D eigenvalue weighted by Gasteiger charge is -2.26. The standard InChI is InChI=1S/C16H21N5O3S/c1-2-24-14-11-17-9-12(20-14)13-10-19-16(25-13)15(22)18-3-4-21-5-7-23-8-6-21/h9-11H,2-8H2,1H3,(H,18,22). The maximum Gasteiger partial charge on any atom is 0.280 e. The van der Waals surface area contributed by atoms with Gasteiger partial charge in [-0.1, -0.05) is 0 Å². The number of hydrogen-bond acceptors (Lipinski definition) is 8. The van der Waals surface area contributed by atoms with Crippen molar-refractivity contribution in [3.05, 3.63) is 23.6 Å². The minimum atomic E-state index is -0.168. The molecular formula is C16H21N5O3S. The number of amides is 1. The molecule has 0 atom stereocenters. The lowest BCUT2D eigenvalue weighted by Crippen LogP contribution is -2.41. The number of rotatable bonds is 7. The van der Waals surface area contributed by atoms with Gasteiger partial charge in [0, 0.05) is 32.4 Å². The average Bonchev–Trinajstić information content (AvgIpc) is 3.13. The van der Waals surface area contributed by atoms with Crippen LogP contribution in [0, 0.1) is 0 Å². The molecule has 0 aliphatic carbocycles. The van der Waals surface area contributed by atoms with Gasteiger partial charge in [-0.15, -0.1) is 11.3 Å². The van der Waals surface area contributed by atoms with Crippen molar-refractivity contribution >= 4 is 17.2 Å². The van der Waals surface area contributed by atoms with Crippen molar-refractivity contribution in [2.24, 2.45) is 0 Å². The van der Waals surface area contributed by atoms with E-state index in [0.29, 0.717) is 29.7 Å². The molecule has 0 saturated carbocycles. The summed E-state index contributed by atoms with van der Waals surface area (Å²) in [6, 6.07) is 0. The molecule has 3 rings (SSSR count). The van der Waals surface area contributed by atoms with Crippen molar-refractivity contribution in [3.63, 3.8) is 0 Å². The molecule has 0 spiro atoms. The van der Waals surface area contributed by atoms with Crippen LogP contribution in [-0.2, 0) is 4.74 Å². The van der Waals surface area contributed by atoms with Crippen LogP contribution in [0.4, 0.5) is 0 Å². The second-order valence-corrected chi connectivity index (χ2v) is 6.45. The summed E-state index contributed by atoms with van der Waals surface area (Å²) < 4.78 is 10.7. The van der Waals surface area contributed by atoms with Crippen LogP contribution >= 0.6 is 11.3 Å². The second-order valence-electron chi connectivity index (χ2n) is 5.42. The van der Waals surface area contributed by atoms with E-state index < -0.39 is 0 Å². The van der Waals surface area contributed by atoms with Crippen molar-refractivity contribution in [2.75, 3.05) is 46.0 Å². The fourth-order valence-corrected chi connectivity index (χ4v) is 3.20. The Labute approximate surface area is 150 Å². The predicted molar refractivity (Wildman–Crippen MR) is 93.9 cm³/mol. The number of nitrogens with zero attached hydrogens (tertiary/aromatic N) is 4. The summed E-state index contributed by atoms with van der Waals surface area (Å²) in [5, 5.41) is 3.33. The molecular weight excluding hydrogens is 342 g/mol. The summed E-state index contributed by atoms with van der Waals surface area (Å²) in [5.74, 6) is 0.295. The van der Waals surface area contributed by atoms with Gasteiger partial charge in [-0.2, -0.15) is 0 Å². The molecule has 1 aliphatic heterocycles. The minimum Gasteiger partial charge on any atom is -0.477 e. The topological polar surface area (TPSA) is 89.5 Å². The SMILES string of the molecule is CCOc1cncc(-c2cnc(C(=O)NCCN3CCOCC3)s2)n1. The van der Waals surface area contributed by atoms with Crippen LogP contribution in [0.2, 0.25) is 0 Å². The largest absolute Gasteiger partial charge is 0.477 e. The van der Waals surface area contributed by atoms with Gasteiger partial charge in [0.05, 0.1) is 37.1 Å². The van der Waals surface area contributed by atoms with Gasteiger partial charge >= 0.3 is 0 Å². The third-order valence-electron chi connectivity index (χ3n) is 3.67. The molecule has 8 nitrogen and oxygen atoms in total. The highest BCUT2D eigenvalue weighted by Gasteiger charge is 2.15. The Morgan fingerprint density at radius 3 is 3.00 bits per heavy atom. The van der Waals surface area contributed by atoms with Crippen molar-refractivity contribution in [1.29, 1.82) is 0 Å². The Morgan fingerprint density at radius 1 is 1.36 bits per heavy atom. The Morgan fingerprint density at radius 2 is 2.20 bits per heavy atom. The number of carbonyl (C=O) groups is 1. The Balaban J connectivity index is 1.55. The maximum atomic E-state index is 12.2. The van der Waals surface area contributed by atoms with Gasteiger partial charge in [0.2, 0.25) is 5.88 Å². The first kappa shape index (κ1) is 17.7. The number of morpholine rings is 1. The van der Waals surface area contributed by atoms with Crippen molar-refractivity contribution in [2.45, 2.75) is 6.92 Å². The highest BCUT2D eigenvalue weighted by atomic mass is 32.1. The molecule has 2 aromatic heterocycles. The molecule has 0 aromatic carbocycles. The summed E-state index contributed by atoms with van der Waals surface area (Å²) in [7, 11) is 0. The lowest BCUT2D eigenvalue weighted by atomic mass is 10.4. The first-order valence-corrected chi connectivity index (χ1v) is 9.07. The zero-order valence-electron chi connectivity index (χ0n) is 14.1. The van der Waals surface area contributed by atoms with E-state index in [1.54, 1.807) is 18.6 Å². The van der Waals surface area contributed by atoms with Crippen LogP contribution < -0.4 is 10.1 Å². The third kappa shape index (κ3) is 4.94. The van der Waals surface area contributed by atoms with Crippen LogP contribution in [0.5, 0.6) is 5.88 Å². The molecule has 1 fully saturated rings. The summed E-state index contributed by atoms with van der Waals surface area (Å²) in [5.41, 5.74) is 0.649. The lowest BCUT2D eigenvalue weighted by molar-refractivity contribution is 0.0383. The van der Waals surface area contributed by atoms with E-state index in [1.165, 1.54) is 11.3 Å². The van der Waals surface area contributed by atoms with Gasteiger partial charge in [0.1, 0.15) is 5.69 Å². The number of thiazole rings is 1. The van der Waals surface area contributed by atoms with E-state index >= 15 is 0 Å². The number of ether oxygens (including phenoxy) is 2. The Hall–Kier alpha value is -2.10. The van der Waals surface area contributed by atoms with Gasteiger partial charge in [-0.25, -0.2) is 9.97 Å². The third-order valence-corrected chi connectivity index (χ3v) is 4.69. The van der Waals surface area contributed by atoms with Crippen LogP contribution in [0.25, 0.3) is 10.6 Å². The minimum absolute atomic E-state index is 0.168. The van der Waals surface area contributed by atoms with Crippen molar-refractivity contribution < 1.29 is 14.3 Å². The molecule has 0 radical (unpaired) electrons. The predicted octanol–water partition coefficient (Wildman–Crippen LogP) is 1.06. The molecule has 9 heteroatoms. The zero-order chi connectivity index (χ0) is 17.5. The van der Waals surface area contributed by atoms with Crippen molar-refractivity contribution in [3.8, 4) is 16.5 Å². The van der Waals surface area contributed by atoms with E-state index in [9.17, 15) is 4.79 Å². The first-order chi connectivity index (χ1) is 12.3. The fraction of sp³-hybridized carbons (Fsp3) is 0.500. The average molecular weight is 363 g/mol. The van der Waals surface area contributed by atoms with E-state index in [4.69, 9.17) is 9.47 Å². The quantitative estimate of drug-likeness (QED) is 0.787. The van der Waals surface area contributed by atoms with Gasteiger partial charge in [0.15, 0.2) is 5.01 Å². The molecule has 134 valence electrons.